The van der Waals surface area contributed by atoms with E-state index in [0.29, 0.717) is 12.1 Å². The van der Waals surface area contributed by atoms with Gasteiger partial charge in [0, 0.05) is 18.1 Å². The first-order valence-electron chi connectivity index (χ1n) is 7.39. The molecule has 0 aliphatic heterocycles. The van der Waals surface area contributed by atoms with Crippen LogP contribution in [0.1, 0.15) is 33.2 Å². The van der Waals surface area contributed by atoms with Gasteiger partial charge >= 0.3 is 0 Å². The predicted octanol–water partition coefficient (Wildman–Crippen LogP) is 4.08. The molecular weight excluding hydrogens is 284 g/mol. The second kappa shape index (κ2) is 5.14. The number of H-pyrrole nitrogens is 1. The Morgan fingerprint density at radius 1 is 1.43 bits per heavy atom. The fourth-order valence-corrected chi connectivity index (χ4v) is 3.72. The van der Waals surface area contributed by atoms with Crippen molar-refractivity contribution in [2.75, 3.05) is 13.7 Å². The first-order valence-corrected chi connectivity index (χ1v) is 7.80. The van der Waals surface area contributed by atoms with Crippen LogP contribution >= 0.6 is 12.2 Å². The minimum Gasteiger partial charge on any atom is -0.494 e. The molecule has 0 saturated heterocycles. The summed E-state index contributed by atoms with van der Waals surface area (Å²) in [7, 11) is 1.68. The van der Waals surface area contributed by atoms with Gasteiger partial charge in [-0.15, -0.1) is 0 Å². The fourth-order valence-electron chi connectivity index (χ4n) is 3.39. The first kappa shape index (κ1) is 14.6. The Hall–Kier alpha value is -1.33. The number of hydrogen-bond donors (Lipinski definition) is 1. The lowest BCUT2D eigenvalue weighted by molar-refractivity contribution is -0.127. The van der Waals surface area contributed by atoms with Crippen molar-refractivity contribution in [1.82, 2.24) is 9.55 Å². The molecule has 1 N–H and O–H groups in total. The summed E-state index contributed by atoms with van der Waals surface area (Å²) in [6.07, 6.45) is 1.30. The van der Waals surface area contributed by atoms with Crippen LogP contribution in [0.4, 0.5) is 0 Å². The number of ether oxygens (including phenoxy) is 2. The number of para-hydroxylation sites is 1. The zero-order chi connectivity index (χ0) is 15.2. The normalized spacial score (nSPS) is 24.0. The highest BCUT2D eigenvalue weighted by Crippen LogP contribution is 2.52. The number of hydrogen-bond acceptors (Lipinski definition) is 3. The van der Waals surface area contributed by atoms with Crippen LogP contribution in [0.15, 0.2) is 18.2 Å². The molecule has 1 aliphatic rings. The summed E-state index contributed by atoms with van der Waals surface area (Å²) in [4.78, 5) is 3.29. The van der Waals surface area contributed by atoms with E-state index in [9.17, 15) is 0 Å². The van der Waals surface area contributed by atoms with E-state index in [1.54, 1.807) is 7.11 Å². The quantitative estimate of drug-likeness (QED) is 0.865. The average molecular weight is 306 g/mol. The number of fused-ring (bicyclic) bond motifs is 1. The van der Waals surface area contributed by atoms with Crippen molar-refractivity contribution >= 4 is 23.3 Å². The maximum absolute atomic E-state index is 5.84. The van der Waals surface area contributed by atoms with Gasteiger partial charge in [-0.1, -0.05) is 19.9 Å². The number of imidazole rings is 1. The molecule has 1 aliphatic carbocycles. The van der Waals surface area contributed by atoms with Gasteiger partial charge in [-0.3, -0.25) is 0 Å². The molecule has 1 aromatic carbocycles. The highest BCUT2D eigenvalue weighted by atomic mass is 32.1. The molecule has 1 aromatic heterocycles. The van der Waals surface area contributed by atoms with E-state index in [4.69, 9.17) is 21.7 Å². The molecule has 0 amide bonds. The number of nitrogens with zero attached hydrogens (tertiary/aromatic N) is 1. The number of aromatic amines is 1. The number of methoxy groups -OCH3 is 1. The molecule has 114 valence electrons. The van der Waals surface area contributed by atoms with Crippen LogP contribution in [0.2, 0.25) is 0 Å². The van der Waals surface area contributed by atoms with Gasteiger partial charge in [-0.2, -0.15) is 0 Å². The largest absolute Gasteiger partial charge is 0.494 e. The molecule has 21 heavy (non-hydrogen) atoms. The van der Waals surface area contributed by atoms with Crippen molar-refractivity contribution in [2.24, 2.45) is 5.41 Å². The molecule has 5 heteroatoms. The van der Waals surface area contributed by atoms with Crippen LogP contribution in [0.3, 0.4) is 0 Å². The third-order valence-electron chi connectivity index (χ3n) is 4.74. The van der Waals surface area contributed by atoms with Gasteiger partial charge < -0.3 is 19.0 Å². The van der Waals surface area contributed by atoms with Crippen molar-refractivity contribution in [3.63, 3.8) is 0 Å². The van der Waals surface area contributed by atoms with Gasteiger partial charge in [0.2, 0.25) is 0 Å². The molecule has 2 unspecified atom stereocenters. The molecule has 0 spiro atoms. The molecule has 1 fully saturated rings. The maximum Gasteiger partial charge on any atom is 0.178 e. The Morgan fingerprint density at radius 2 is 2.19 bits per heavy atom. The van der Waals surface area contributed by atoms with Gasteiger partial charge in [0.05, 0.1) is 18.7 Å². The zero-order valence-corrected chi connectivity index (χ0v) is 13.8. The lowest BCUT2D eigenvalue weighted by atomic mass is 9.64. The summed E-state index contributed by atoms with van der Waals surface area (Å²) >= 11 is 5.55. The summed E-state index contributed by atoms with van der Waals surface area (Å²) in [5, 5.41) is 0. The second-order valence-electron chi connectivity index (χ2n) is 6.17. The number of aromatic nitrogens is 2. The molecule has 3 rings (SSSR count). The standard InChI is InChI=1S/C16H22N2O2S/c1-5-20-13-9-12(16(13,2)3)18-10-7-6-8-11(19-4)14(10)17-15(18)21/h6-8,12-13H,5,9H2,1-4H3,(H,17,21). The van der Waals surface area contributed by atoms with Crippen molar-refractivity contribution < 1.29 is 9.47 Å². The van der Waals surface area contributed by atoms with Gasteiger partial charge in [0.25, 0.3) is 0 Å². The summed E-state index contributed by atoms with van der Waals surface area (Å²) in [5.41, 5.74) is 2.15. The Labute approximate surface area is 130 Å². The first-order chi connectivity index (χ1) is 10.0. The fraction of sp³-hybridized carbons (Fsp3) is 0.562. The topological polar surface area (TPSA) is 39.2 Å². The Balaban J connectivity index is 2.07. The van der Waals surface area contributed by atoms with Gasteiger partial charge in [-0.25, -0.2) is 0 Å². The zero-order valence-electron chi connectivity index (χ0n) is 13.0. The van der Waals surface area contributed by atoms with Gasteiger partial charge in [0.15, 0.2) is 4.77 Å². The Kier molecular flexibility index (Phi) is 3.58. The molecule has 1 heterocycles. The van der Waals surface area contributed by atoms with E-state index in [1.165, 1.54) is 0 Å². The lowest BCUT2D eigenvalue weighted by Gasteiger charge is -2.52. The van der Waals surface area contributed by atoms with Gasteiger partial charge in [0.1, 0.15) is 11.3 Å². The number of benzene rings is 1. The van der Waals surface area contributed by atoms with Gasteiger partial charge in [-0.05, 0) is 37.7 Å². The summed E-state index contributed by atoms with van der Waals surface area (Å²) in [6.45, 7) is 7.31. The molecule has 0 bridgehead atoms. The smallest absolute Gasteiger partial charge is 0.178 e. The molecular formula is C16H22N2O2S. The Morgan fingerprint density at radius 3 is 2.81 bits per heavy atom. The van der Waals surface area contributed by atoms with E-state index in [0.717, 1.165) is 34.6 Å². The average Bonchev–Trinajstić information content (AvgIpc) is 2.79. The minimum absolute atomic E-state index is 0.0758. The van der Waals surface area contributed by atoms with E-state index in [-0.39, 0.29) is 5.41 Å². The SMILES string of the molecule is CCOC1CC(n2c(=S)[nH]c3c(OC)cccc32)C1(C)C. The summed E-state index contributed by atoms with van der Waals surface area (Å²) in [5.74, 6) is 0.829. The highest BCUT2D eigenvalue weighted by molar-refractivity contribution is 7.71. The van der Waals surface area contributed by atoms with Crippen molar-refractivity contribution in [1.29, 1.82) is 0 Å². The van der Waals surface area contributed by atoms with Crippen molar-refractivity contribution in [3.8, 4) is 5.75 Å². The predicted molar refractivity (Wildman–Crippen MR) is 86.5 cm³/mol. The van der Waals surface area contributed by atoms with E-state index in [2.05, 4.69) is 29.5 Å². The molecule has 0 radical (unpaired) electrons. The number of nitrogens with one attached hydrogen (secondary N) is 1. The molecule has 2 aromatic rings. The van der Waals surface area contributed by atoms with Crippen LogP contribution in [0.25, 0.3) is 11.0 Å². The maximum atomic E-state index is 5.84. The minimum atomic E-state index is 0.0758. The number of rotatable bonds is 4. The van der Waals surface area contributed by atoms with E-state index < -0.39 is 0 Å². The van der Waals surface area contributed by atoms with Crippen molar-refractivity contribution in [2.45, 2.75) is 39.3 Å². The van der Waals surface area contributed by atoms with Crippen LogP contribution in [-0.2, 0) is 4.74 Å². The van der Waals surface area contributed by atoms with Crippen molar-refractivity contribution in [3.05, 3.63) is 23.0 Å². The molecule has 4 nitrogen and oxygen atoms in total. The molecule has 1 saturated carbocycles. The molecule has 2 atom stereocenters. The monoisotopic (exact) mass is 306 g/mol. The third-order valence-corrected chi connectivity index (χ3v) is 5.04. The van der Waals surface area contributed by atoms with Crippen LogP contribution in [0.5, 0.6) is 5.75 Å². The van der Waals surface area contributed by atoms with E-state index >= 15 is 0 Å². The summed E-state index contributed by atoms with van der Waals surface area (Å²) in [6, 6.07) is 6.40. The van der Waals surface area contributed by atoms with E-state index in [1.807, 2.05) is 19.1 Å². The lowest BCUT2D eigenvalue weighted by Crippen LogP contribution is -2.51. The van der Waals surface area contributed by atoms with Crippen LogP contribution < -0.4 is 4.74 Å². The third kappa shape index (κ3) is 2.10. The highest BCUT2D eigenvalue weighted by Gasteiger charge is 2.50. The summed E-state index contributed by atoms with van der Waals surface area (Å²) < 4.78 is 14.2. The van der Waals surface area contributed by atoms with Crippen LogP contribution in [-0.4, -0.2) is 29.4 Å². The Bertz CT molecular complexity index is 717. The second-order valence-corrected chi connectivity index (χ2v) is 6.56. The van der Waals surface area contributed by atoms with Crippen LogP contribution in [0, 0.1) is 10.2 Å².